The molecule has 0 unspecified atom stereocenters. The first-order valence-corrected chi connectivity index (χ1v) is 9.03. The second-order valence-corrected chi connectivity index (χ2v) is 7.33. The van der Waals surface area contributed by atoms with Crippen molar-refractivity contribution in [2.24, 2.45) is 0 Å². The summed E-state index contributed by atoms with van der Waals surface area (Å²) in [6.45, 7) is 1.62. The van der Waals surface area contributed by atoms with Crippen molar-refractivity contribution >= 4 is 33.0 Å². The quantitative estimate of drug-likeness (QED) is 0.483. The van der Waals surface area contributed by atoms with E-state index in [1.54, 1.807) is 25.7 Å². The number of nitrogens with zero attached hydrogens (tertiary/aromatic N) is 1. The summed E-state index contributed by atoms with van der Waals surface area (Å²) in [5, 5.41) is 1.63. The zero-order valence-corrected chi connectivity index (χ0v) is 14.1. The summed E-state index contributed by atoms with van der Waals surface area (Å²) < 4.78 is 36.5. The van der Waals surface area contributed by atoms with Gasteiger partial charge in [-0.15, -0.1) is 22.9 Å². The molecule has 0 aliphatic rings. The average molecular weight is 342 g/mol. The Hall–Kier alpha value is -0.180. The normalized spacial score (nSPS) is 12.2. The van der Waals surface area contributed by atoms with Crippen molar-refractivity contribution < 1.29 is 17.9 Å². The highest BCUT2D eigenvalue weighted by molar-refractivity contribution is 7.89. The third-order valence-electron chi connectivity index (χ3n) is 2.70. The average Bonchev–Trinajstić information content (AvgIpc) is 2.92. The summed E-state index contributed by atoms with van der Waals surface area (Å²) in [6, 6.07) is 1.63. The Balaban J connectivity index is 2.85. The van der Waals surface area contributed by atoms with Crippen LogP contribution in [0.5, 0.6) is 0 Å². The van der Waals surface area contributed by atoms with Gasteiger partial charge in [-0.25, -0.2) is 8.42 Å². The Morgan fingerprint density at radius 3 is 2.50 bits per heavy atom. The van der Waals surface area contributed by atoms with Gasteiger partial charge in [0.05, 0.1) is 17.4 Å². The van der Waals surface area contributed by atoms with E-state index in [0.717, 1.165) is 4.88 Å². The number of sulfonamides is 1. The van der Waals surface area contributed by atoms with Crippen molar-refractivity contribution in [3.63, 3.8) is 0 Å². The molecule has 20 heavy (non-hydrogen) atoms. The van der Waals surface area contributed by atoms with Gasteiger partial charge < -0.3 is 9.47 Å². The molecule has 0 saturated heterocycles. The third kappa shape index (κ3) is 4.98. The van der Waals surface area contributed by atoms with Gasteiger partial charge in [-0.3, -0.25) is 0 Å². The Labute approximate surface area is 129 Å². The van der Waals surface area contributed by atoms with E-state index in [1.807, 2.05) is 0 Å². The van der Waals surface area contributed by atoms with Crippen LogP contribution in [0.25, 0.3) is 0 Å². The molecule has 8 heteroatoms. The maximum absolute atomic E-state index is 12.6. The maximum Gasteiger partial charge on any atom is 0.243 e. The lowest BCUT2D eigenvalue weighted by molar-refractivity contribution is 0.164. The summed E-state index contributed by atoms with van der Waals surface area (Å²) in [5.74, 6) is 0.321. The number of thiophene rings is 1. The first kappa shape index (κ1) is 17.9. The van der Waals surface area contributed by atoms with Crippen molar-refractivity contribution in [1.82, 2.24) is 4.31 Å². The molecule has 0 spiro atoms. The molecule has 0 aromatic carbocycles. The molecule has 1 aromatic rings. The van der Waals surface area contributed by atoms with Gasteiger partial charge in [0.25, 0.3) is 0 Å². The van der Waals surface area contributed by atoms with E-state index in [1.165, 1.54) is 15.6 Å². The summed E-state index contributed by atoms with van der Waals surface area (Å²) in [7, 11) is -0.345. The number of alkyl halides is 1. The van der Waals surface area contributed by atoms with Crippen molar-refractivity contribution in [2.75, 3.05) is 40.5 Å². The molecular formula is C12H20ClNO4S2. The SMILES string of the molecule is COCCCN(CCOC)S(=O)(=O)c1csc(CCl)c1. The Bertz CT molecular complexity index is 489. The molecule has 0 saturated carbocycles. The fourth-order valence-electron chi connectivity index (χ4n) is 1.65. The van der Waals surface area contributed by atoms with Gasteiger partial charge in [0.1, 0.15) is 0 Å². The molecule has 1 aromatic heterocycles. The Kier molecular flexibility index (Phi) is 8.01. The molecule has 0 aliphatic heterocycles. The smallest absolute Gasteiger partial charge is 0.243 e. The van der Waals surface area contributed by atoms with Crippen LogP contribution in [0, 0.1) is 0 Å². The van der Waals surface area contributed by atoms with E-state index in [0.29, 0.717) is 43.5 Å². The van der Waals surface area contributed by atoms with Gasteiger partial charge in [0.15, 0.2) is 0 Å². The molecule has 0 N–H and O–H groups in total. The molecular weight excluding hydrogens is 322 g/mol. The number of methoxy groups -OCH3 is 2. The largest absolute Gasteiger partial charge is 0.385 e. The van der Waals surface area contributed by atoms with E-state index in [4.69, 9.17) is 21.1 Å². The number of ether oxygens (including phenoxy) is 2. The summed E-state index contributed by atoms with van der Waals surface area (Å²) in [6.07, 6.45) is 0.645. The Morgan fingerprint density at radius 2 is 1.95 bits per heavy atom. The summed E-state index contributed by atoms with van der Waals surface area (Å²) >= 11 is 7.07. The lowest BCUT2D eigenvalue weighted by atomic mass is 10.4. The molecule has 116 valence electrons. The molecule has 0 aliphatic carbocycles. The van der Waals surface area contributed by atoms with Crippen LogP contribution in [0.1, 0.15) is 11.3 Å². The number of halogens is 1. The fraction of sp³-hybridized carbons (Fsp3) is 0.667. The number of rotatable bonds is 10. The van der Waals surface area contributed by atoms with Crippen LogP contribution in [-0.4, -0.2) is 53.2 Å². The molecule has 0 amide bonds. The zero-order chi connectivity index (χ0) is 15.0. The highest BCUT2D eigenvalue weighted by Crippen LogP contribution is 2.24. The van der Waals surface area contributed by atoms with Crippen LogP contribution in [0.2, 0.25) is 0 Å². The number of hydrogen-bond donors (Lipinski definition) is 0. The van der Waals surface area contributed by atoms with Crippen LogP contribution < -0.4 is 0 Å². The highest BCUT2D eigenvalue weighted by Gasteiger charge is 2.25. The molecule has 0 fully saturated rings. The van der Waals surface area contributed by atoms with Crippen LogP contribution in [-0.2, 0) is 25.4 Å². The van der Waals surface area contributed by atoms with Crippen LogP contribution in [0.4, 0.5) is 0 Å². The third-order valence-corrected chi connectivity index (χ3v) is 6.11. The topological polar surface area (TPSA) is 55.8 Å². The Morgan fingerprint density at radius 1 is 1.25 bits per heavy atom. The van der Waals surface area contributed by atoms with E-state index in [2.05, 4.69) is 0 Å². The van der Waals surface area contributed by atoms with Crippen LogP contribution in [0.3, 0.4) is 0 Å². The molecule has 1 heterocycles. The summed E-state index contributed by atoms with van der Waals surface area (Å²) in [5.41, 5.74) is 0. The van der Waals surface area contributed by atoms with Crippen molar-refractivity contribution in [3.8, 4) is 0 Å². The highest BCUT2D eigenvalue weighted by atomic mass is 35.5. The van der Waals surface area contributed by atoms with Gasteiger partial charge in [-0.2, -0.15) is 4.31 Å². The van der Waals surface area contributed by atoms with Crippen molar-refractivity contribution in [1.29, 1.82) is 0 Å². The van der Waals surface area contributed by atoms with E-state index >= 15 is 0 Å². The van der Waals surface area contributed by atoms with E-state index < -0.39 is 10.0 Å². The number of hydrogen-bond acceptors (Lipinski definition) is 5. The van der Waals surface area contributed by atoms with Crippen molar-refractivity contribution in [3.05, 3.63) is 16.3 Å². The fourth-order valence-corrected chi connectivity index (χ4v) is 4.48. The van der Waals surface area contributed by atoms with E-state index in [9.17, 15) is 8.42 Å². The zero-order valence-electron chi connectivity index (χ0n) is 11.7. The lowest BCUT2D eigenvalue weighted by Crippen LogP contribution is -2.35. The monoisotopic (exact) mass is 341 g/mol. The predicted octanol–water partition coefficient (Wildman–Crippen LogP) is 2.16. The summed E-state index contributed by atoms with van der Waals surface area (Å²) in [4.78, 5) is 1.14. The van der Waals surface area contributed by atoms with Gasteiger partial charge in [-0.1, -0.05) is 0 Å². The molecule has 5 nitrogen and oxygen atoms in total. The minimum absolute atomic E-state index is 0.298. The first-order chi connectivity index (χ1) is 9.56. The molecule has 0 radical (unpaired) electrons. The second kappa shape index (κ2) is 8.96. The maximum atomic E-state index is 12.6. The van der Waals surface area contributed by atoms with Gasteiger partial charge in [-0.05, 0) is 12.5 Å². The standard InChI is InChI=1S/C12H20ClNO4S2/c1-17-6-3-4-14(5-7-18-2)20(15,16)12-8-11(9-13)19-10-12/h8,10H,3-7,9H2,1-2H3. The minimum atomic E-state index is -3.49. The van der Waals surface area contributed by atoms with Gasteiger partial charge >= 0.3 is 0 Å². The molecule has 0 bridgehead atoms. The lowest BCUT2D eigenvalue weighted by Gasteiger charge is -2.21. The van der Waals surface area contributed by atoms with E-state index in [-0.39, 0.29) is 0 Å². The van der Waals surface area contributed by atoms with Gasteiger partial charge in [0.2, 0.25) is 10.0 Å². The predicted molar refractivity (Wildman–Crippen MR) is 81.0 cm³/mol. The van der Waals surface area contributed by atoms with Gasteiger partial charge in [0, 0.05) is 44.2 Å². The van der Waals surface area contributed by atoms with Crippen LogP contribution >= 0.6 is 22.9 Å². The van der Waals surface area contributed by atoms with Crippen LogP contribution in [0.15, 0.2) is 16.3 Å². The van der Waals surface area contributed by atoms with Crippen molar-refractivity contribution in [2.45, 2.75) is 17.2 Å². The molecule has 1 rings (SSSR count). The minimum Gasteiger partial charge on any atom is -0.385 e. The second-order valence-electron chi connectivity index (χ2n) is 4.13. The molecule has 0 atom stereocenters. The first-order valence-electron chi connectivity index (χ1n) is 6.17.